The Morgan fingerprint density at radius 1 is 1.03 bits per heavy atom. The van der Waals surface area contributed by atoms with Crippen molar-refractivity contribution in [2.24, 2.45) is 0 Å². The zero-order valence-corrected chi connectivity index (χ0v) is 21.1. The van der Waals surface area contributed by atoms with E-state index in [4.69, 9.17) is 4.98 Å². The molecule has 1 fully saturated rings. The van der Waals surface area contributed by atoms with Crippen molar-refractivity contribution in [3.63, 3.8) is 0 Å². The maximum absolute atomic E-state index is 11.9. The van der Waals surface area contributed by atoms with Gasteiger partial charge in [-0.3, -0.25) is 4.79 Å². The van der Waals surface area contributed by atoms with Crippen molar-refractivity contribution >= 4 is 39.9 Å². The number of amides is 1. The van der Waals surface area contributed by atoms with E-state index in [-0.39, 0.29) is 5.91 Å². The van der Waals surface area contributed by atoms with E-state index >= 15 is 0 Å². The van der Waals surface area contributed by atoms with Crippen molar-refractivity contribution in [1.29, 1.82) is 0 Å². The summed E-state index contributed by atoms with van der Waals surface area (Å²) in [6.45, 7) is 8.39. The molecule has 1 saturated heterocycles. The molecule has 1 aliphatic rings. The van der Waals surface area contributed by atoms with Crippen LogP contribution in [0.25, 0.3) is 16.7 Å². The van der Waals surface area contributed by atoms with Gasteiger partial charge in [0.15, 0.2) is 11.5 Å². The fourth-order valence-electron chi connectivity index (χ4n) is 4.78. The first-order chi connectivity index (χ1) is 18.6. The maximum atomic E-state index is 11.9. The standard InChI is InChI=1S/C28H27N9O/c1-3-26(38)36-12-10-35(11-13-36)24-7-6-23-27(34-24)28(31-17-29-23)33-22-5-4-21(19(2)14-22)15-20-8-9-37-25(16-20)30-18-32-37/h3-9,14,16-18H,1,10-13,15H2,2H3,(H,29,31,33). The lowest BCUT2D eigenvalue weighted by Crippen LogP contribution is -2.48. The van der Waals surface area contributed by atoms with Crippen molar-refractivity contribution in [3.05, 3.63) is 90.7 Å². The van der Waals surface area contributed by atoms with Gasteiger partial charge in [-0.1, -0.05) is 12.6 Å². The van der Waals surface area contributed by atoms with Gasteiger partial charge in [0.05, 0.1) is 5.52 Å². The molecule has 0 radical (unpaired) electrons. The number of hydrogen-bond donors (Lipinski definition) is 1. The van der Waals surface area contributed by atoms with E-state index in [1.807, 2.05) is 18.3 Å². The monoisotopic (exact) mass is 505 g/mol. The third kappa shape index (κ3) is 4.63. The van der Waals surface area contributed by atoms with E-state index in [1.165, 1.54) is 22.8 Å². The zero-order chi connectivity index (χ0) is 26.1. The van der Waals surface area contributed by atoms with Gasteiger partial charge in [0.25, 0.3) is 0 Å². The average Bonchev–Trinajstić information content (AvgIpc) is 3.42. The maximum Gasteiger partial charge on any atom is 0.246 e. The summed E-state index contributed by atoms with van der Waals surface area (Å²) in [4.78, 5) is 34.0. The number of carbonyl (C=O) groups excluding carboxylic acids is 1. The minimum absolute atomic E-state index is 0.0336. The lowest BCUT2D eigenvalue weighted by Gasteiger charge is -2.35. The van der Waals surface area contributed by atoms with Crippen LogP contribution in [-0.4, -0.2) is 66.5 Å². The van der Waals surface area contributed by atoms with E-state index in [0.717, 1.165) is 29.1 Å². The van der Waals surface area contributed by atoms with Crippen LogP contribution in [0, 0.1) is 6.92 Å². The molecule has 1 aliphatic heterocycles. The first-order valence-corrected chi connectivity index (χ1v) is 12.5. The predicted molar refractivity (Wildman–Crippen MR) is 147 cm³/mol. The van der Waals surface area contributed by atoms with Gasteiger partial charge < -0.3 is 15.1 Å². The van der Waals surface area contributed by atoms with Crippen LogP contribution in [0.2, 0.25) is 0 Å². The summed E-state index contributed by atoms with van der Waals surface area (Å²) >= 11 is 0. The van der Waals surface area contributed by atoms with Gasteiger partial charge >= 0.3 is 0 Å². The van der Waals surface area contributed by atoms with E-state index in [2.05, 4.69) is 74.1 Å². The minimum Gasteiger partial charge on any atom is -0.353 e. The van der Waals surface area contributed by atoms with Crippen LogP contribution in [0.5, 0.6) is 0 Å². The molecule has 1 N–H and O–H groups in total. The lowest BCUT2D eigenvalue weighted by molar-refractivity contribution is -0.126. The van der Waals surface area contributed by atoms with Crippen LogP contribution in [0.3, 0.4) is 0 Å². The number of nitrogens with zero attached hydrogens (tertiary/aromatic N) is 8. The second-order valence-corrected chi connectivity index (χ2v) is 9.32. The third-order valence-corrected chi connectivity index (χ3v) is 6.90. The zero-order valence-electron chi connectivity index (χ0n) is 21.1. The summed E-state index contributed by atoms with van der Waals surface area (Å²) in [7, 11) is 0. The molecule has 0 saturated carbocycles. The summed E-state index contributed by atoms with van der Waals surface area (Å²) < 4.78 is 1.76. The molecule has 38 heavy (non-hydrogen) atoms. The SMILES string of the molecule is C=CC(=O)N1CCN(c2ccc3ncnc(Nc4ccc(Cc5ccn6ncnc6c5)c(C)c4)c3n2)CC1. The molecule has 1 amide bonds. The van der Waals surface area contributed by atoms with Crippen molar-refractivity contribution in [3.8, 4) is 0 Å². The molecule has 0 aliphatic carbocycles. The van der Waals surface area contributed by atoms with Gasteiger partial charge in [0.1, 0.15) is 24.0 Å². The number of aromatic nitrogens is 6. The molecule has 10 nitrogen and oxygen atoms in total. The van der Waals surface area contributed by atoms with E-state index in [9.17, 15) is 4.79 Å². The predicted octanol–water partition coefficient (Wildman–Crippen LogP) is 3.54. The summed E-state index contributed by atoms with van der Waals surface area (Å²) in [5.41, 5.74) is 6.84. The Balaban J connectivity index is 1.21. The number of anilines is 3. The molecule has 0 unspecified atom stereocenters. The van der Waals surface area contributed by atoms with Crippen LogP contribution in [0.1, 0.15) is 16.7 Å². The normalized spacial score (nSPS) is 13.7. The minimum atomic E-state index is -0.0336. The molecule has 0 atom stereocenters. The molecule has 4 aromatic heterocycles. The van der Waals surface area contributed by atoms with Crippen LogP contribution >= 0.6 is 0 Å². The number of piperazine rings is 1. The number of benzene rings is 1. The van der Waals surface area contributed by atoms with Gasteiger partial charge in [0.2, 0.25) is 5.91 Å². The van der Waals surface area contributed by atoms with E-state index in [0.29, 0.717) is 37.5 Å². The number of hydrogen-bond acceptors (Lipinski definition) is 8. The van der Waals surface area contributed by atoms with Gasteiger partial charge in [-0.15, -0.1) is 0 Å². The van der Waals surface area contributed by atoms with Crippen molar-refractivity contribution in [1.82, 2.24) is 34.4 Å². The van der Waals surface area contributed by atoms with Crippen LogP contribution < -0.4 is 10.2 Å². The van der Waals surface area contributed by atoms with Gasteiger partial charge in [-0.05, 0) is 72.5 Å². The molecule has 0 bridgehead atoms. The highest BCUT2D eigenvalue weighted by Crippen LogP contribution is 2.26. The number of fused-ring (bicyclic) bond motifs is 2. The van der Waals surface area contributed by atoms with Crippen molar-refractivity contribution < 1.29 is 4.79 Å². The summed E-state index contributed by atoms with van der Waals surface area (Å²) in [6, 6.07) is 14.4. The molecule has 1 aromatic carbocycles. The first-order valence-electron chi connectivity index (χ1n) is 12.5. The van der Waals surface area contributed by atoms with Gasteiger partial charge in [-0.25, -0.2) is 24.5 Å². The van der Waals surface area contributed by atoms with Crippen LogP contribution in [0.15, 0.2) is 74.0 Å². The van der Waals surface area contributed by atoms with E-state index in [1.54, 1.807) is 22.1 Å². The largest absolute Gasteiger partial charge is 0.353 e. The summed E-state index contributed by atoms with van der Waals surface area (Å²) in [5.74, 6) is 1.47. The second kappa shape index (κ2) is 9.89. The smallest absolute Gasteiger partial charge is 0.246 e. The third-order valence-electron chi connectivity index (χ3n) is 6.90. The van der Waals surface area contributed by atoms with Gasteiger partial charge in [-0.2, -0.15) is 5.10 Å². The number of carbonyl (C=O) groups is 1. The molecule has 0 spiro atoms. The van der Waals surface area contributed by atoms with Crippen LogP contribution in [-0.2, 0) is 11.2 Å². The Bertz CT molecular complexity index is 1650. The molecule has 6 rings (SSSR count). The number of aryl methyl sites for hydroxylation is 1. The fourth-order valence-corrected chi connectivity index (χ4v) is 4.78. The summed E-state index contributed by atoms with van der Waals surface area (Å²) in [5, 5.41) is 7.61. The van der Waals surface area contributed by atoms with Gasteiger partial charge in [0, 0.05) is 38.1 Å². The molecule has 5 aromatic rings. The Kier molecular flexibility index (Phi) is 6.12. The number of rotatable bonds is 6. The molecule has 10 heteroatoms. The molecule has 190 valence electrons. The Labute approximate surface area is 219 Å². The Hall–Kier alpha value is -4.86. The fraction of sp³-hybridized carbons (Fsp3) is 0.214. The second-order valence-electron chi connectivity index (χ2n) is 9.32. The molecular formula is C28H27N9O. The quantitative estimate of drug-likeness (QED) is 0.350. The number of nitrogens with one attached hydrogen (secondary N) is 1. The molecule has 5 heterocycles. The molecular weight excluding hydrogens is 478 g/mol. The summed E-state index contributed by atoms with van der Waals surface area (Å²) in [6.07, 6.45) is 7.22. The highest BCUT2D eigenvalue weighted by atomic mass is 16.2. The Morgan fingerprint density at radius 2 is 1.89 bits per heavy atom. The highest BCUT2D eigenvalue weighted by molar-refractivity contribution is 5.88. The Morgan fingerprint density at radius 3 is 2.71 bits per heavy atom. The van der Waals surface area contributed by atoms with E-state index < -0.39 is 0 Å². The number of pyridine rings is 2. The van der Waals surface area contributed by atoms with Crippen molar-refractivity contribution in [2.45, 2.75) is 13.3 Å². The van der Waals surface area contributed by atoms with Crippen LogP contribution in [0.4, 0.5) is 17.3 Å². The topological polar surface area (TPSA) is 104 Å². The first kappa shape index (κ1) is 23.5. The average molecular weight is 506 g/mol. The van der Waals surface area contributed by atoms with Crippen molar-refractivity contribution in [2.75, 3.05) is 36.4 Å². The highest BCUT2D eigenvalue weighted by Gasteiger charge is 2.21. The lowest BCUT2D eigenvalue weighted by atomic mass is 10.0.